The monoisotopic (exact) mass is 385 g/mol. The molecule has 0 spiro atoms. The highest BCUT2D eigenvalue weighted by Gasteiger charge is 2.28. The van der Waals surface area contributed by atoms with Gasteiger partial charge >= 0.3 is 0 Å². The SMILES string of the molecule is CC1Cc2ccccc2N1Cc1occc1C(=O)N(C)Cc1ccc(C#N)cc1. The van der Waals surface area contributed by atoms with Gasteiger partial charge in [0.2, 0.25) is 0 Å². The van der Waals surface area contributed by atoms with E-state index in [1.807, 2.05) is 18.2 Å². The summed E-state index contributed by atoms with van der Waals surface area (Å²) in [5.41, 5.74) is 4.72. The van der Waals surface area contributed by atoms with Gasteiger partial charge in [0.05, 0.1) is 30.0 Å². The van der Waals surface area contributed by atoms with Crippen molar-refractivity contribution in [3.8, 4) is 6.07 Å². The minimum absolute atomic E-state index is 0.0711. The molecule has 1 amide bonds. The quantitative estimate of drug-likeness (QED) is 0.654. The molecule has 1 atom stereocenters. The number of fused-ring (bicyclic) bond motifs is 1. The Morgan fingerprint density at radius 2 is 1.97 bits per heavy atom. The molecule has 0 N–H and O–H groups in total. The molecule has 0 aliphatic carbocycles. The summed E-state index contributed by atoms with van der Waals surface area (Å²) < 4.78 is 5.72. The van der Waals surface area contributed by atoms with Crippen molar-refractivity contribution in [3.63, 3.8) is 0 Å². The summed E-state index contributed by atoms with van der Waals surface area (Å²) >= 11 is 0. The van der Waals surface area contributed by atoms with Crippen LogP contribution in [0.4, 0.5) is 5.69 Å². The Kier molecular flexibility index (Phi) is 5.09. The molecule has 5 nitrogen and oxygen atoms in total. The Morgan fingerprint density at radius 3 is 2.72 bits per heavy atom. The number of carbonyl (C=O) groups is 1. The summed E-state index contributed by atoms with van der Waals surface area (Å²) in [7, 11) is 1.78. The first-order valence-corrected chi connectivity index (χ1v) is 9.72. The van der Waals surface area contributed by atoms with E-state index in [0.29, 0.717) is 36.0 Å². The van der Waals surface area contributed by atoms with Gasteiger partial charge in [-0.25, -0.2) is 0 Å². The fourth-order valence-electron chi connectivity index (χ4n) is 3.91. The summed E-state index contributed by atoms with van der Waals surface area (Å²) in [5.74, 6) is 0.614. The van der Waals surface area contributed by atoms with Crippen LogP contribution < -0.4 is 4.90 Å². The maximum Gasteiger partial charge on any atom is 0.257 e. The molecule has 1 aliphatic heterocycles. The largest absolute Gasteiger partial charge is 0.467 e. The molecule has 5 heteroatoms. The van der Waals surface area contributed by atoms with E-state index >= 15 is 0 Å². The Bertz CT molecular complexity index is 1060. The number of nitriles is 1. The van der Waals surface area contributed by atoms with Crippen molar-refractivity contribution < 1.29 is 9.21 Å². The van der Waals surface area contributed by atoms with Gasteiger partial charge in [0.15, 0.2) is 0 Å². The Balaban J connectivity index is 1.50. The van der Waals surface area contributed by atoms with Crippen LogP contribution in [-0.2, 0) is 19.5 Å². The van der Waals surface area contributed by atoms with Crippen LogP contribution in [0.1, 0.15) is 39.7 Å². The van der Waals surface area contributed by atoms with Crippen molar-refractivity contribution in [2.75, 3.05) is 11.9 Å². The molecular formula is C24H23N3O2. The first-order valence-electron chi connectivity index (χ1n) is 9.72. The molecule has 0 fully saturated rings. The van der Waals surface area contributed by atoms with E-state index < -0.39 is 0 Å². The zero-order chi connectivity index (χ0) is 20.4. The minimum Gasteiger partial charge on any atom is -0.467 e. The van der Waals surface area contributed by atoms with Gasteiger partial charge in [-0.05, 0) is 48.7 Å². The van der Waals surface area contributed by atoms with Crippen LogP contribution in [-0.4, -0.2) is 23.9 Å². The molecule has 0 saturated carbocycles. The van der Waals surface area contributed by atoms with Crippen molar-refractivity contribution in [2.45, 2.75) is 32.5 Å². The number of carbonyl (C=O) groups excluding carboxylic acids is 1. The fourth-order valence-corrected chi connectivity index (χ4v) is 3.91. The lowest BCUT2D eigenvalue weighted by Gasteiger charge is -2.25. The summed E-state index contributed by atoms with van der Waals surface area (Å²) in [6.45, 7) is 3.23. The summed E-state index contributed by atoms with van der Waals surface area (Å²) in [4.78, 5) is 17.0. The van der Waals surface area contributed by atoms with Crippen LogP contribution in [0.3, 0.4) is 0 Å². The van der Waals surface area contributed by atoms with E-state index in [4.69, 9.17) is 9.68 Å². The van der Waals surface area contributed by atoms with Gasteiger partial charge in [-0.1, -0.05) is 30.3 Å². The third-order valence-electron chi connectivity index (χ3n) is 5.49. The lowest BCUT2D eigenvalue weighted by atomic mass is 10.1. The van der Waals surface area contributed by atoms with Crippen LogP contribution in [0, 0.1) is 11.3 Å². The molecule has 0 saturated heterocycles. The van der Waals surface area contributed by atoms with Crippen LogP contribution >= 0.6 is 0 Å². The molecule has 0 radical (unpaired) electrons. The van der Waals surface area contributed by atoms with Crippen LogP contribution in [0.15, 0.2) is 65.3 Å². The average molecular weight is 385 g/mol. The van der Waals surface area contributed by atoms with Crippen molar-refractivity contribution in [1.82, 2.24) is 4.90 Å². The third-order valence-corrected chi connectivity index (χ3v) is 5.49. The van der Waals surface area contributed by atoms with E-state index in [9.17, 15) is 4.79 Å². The smallest absolute Gasteiger partial charge is 0.257 e. The predicted molar refractivity (Wildman–Crippen MR) is 111 cm³/mol. The Hall–Kier alpha value is -3.52. The predicted octanol–water partition coefficient (Wildman–Crippen LogP) is 4.37. The first kappa shape index (κ1) is 18.8. The topological polar surface area (TPSA) is 60.5 Å². The zero-order valence-electron chi connectivity index (χ0n) is 16.6. The van der Waals surface area contributed by atoms with E-state index in [-0.39, 0.29) is 5.91 Å². The number of furan rings is 1. The molecule has 29 heavy (non-hydrogen) atoms. The van der Waals surface area contributed by atoms with Gasteiger partial charge in [0.25, 0.3) is 5.91 Å². The first-order chi connectivity index (χ1) is 14.1. The molecule has 1 aromatic heterocycles. The molecule has 1 aliphatic rings. The number of para-hydroxylation sites is 1. The normalized spacial score (nSPS) is 15.1. The van der Waals surface area contributed by atoms with Gasteiger partial charge in [0, 0.05) is 25.3 Å². The Morgan fingerprint density at radius 1 is 1.21 bits per heavy atom. The van der Waals surface area contributed by atoms with Gasteiger partial charge in [0.1, 0.15) is 5.76 Å². The standard InChI is InChI=1S/C24H23N3O2/c1-17-13-20-5-3-4-6-22(20)27(17)16-23-21(11-12-29-23)24(28)26(2)15-19-9-7-18(14-25)8-10-19/h3-12,17H,13,15-16H2,1-2H3. The van der Waals surface area contributed by atoms with Crippen LogP contribution in [0.2, 0.25) is 0 Å². The van der Waals surface area contributed by atoms with Gasteiger partial charge in [-0.3, -0.25) is 4.79 Å². The Labute approximate surface area is 170 Å². The molecule has 146 valence electrons. The lowest BCUT2D eigenvalue weighted by molar-refractivity contribution is 0.0782. The maximum atomic E-state index is 13.1. The highest BCUT2D eigenvalue weighted by atomic mass is 16.3. The molecular weight excluding hydrogens is 362 g/mol. The third kappa shape index (κ3) is 3.74. The molecule has 2 heterocycles. The number of amides is 1. The zero-order valence-corrected chi connectivity index (χ0v) is 16.6. The van der Waals surface area contributed by atoms with Crippen molar-refractivity contribution in [2.24, 2.45) is 0 Å². The second-order valence-electron chi connectivity index (χ2n) is 7.54. The molecule has 1 unspecified atom stereocenters. The van der Waals surface area contributed by atoms with Crippen molar-refractivity contribution in [3.05, 3.63) is 88.9 Å². The second-order valence-corrected chi connectivity index (χ2v) is 7.54. The van der Waals surface area contributed by atoms with Crippen molar-refractivity contribution >= 4 is 11.6 Å². The van der Waals surface area contributed by atoms with Gasteiger partial charge < -0.3 is 14.2 Å². The summed E-state index contributed by atoms with van der Waals surface area (Å²) in [5, 5.41) is 8.92. The average Bonchev–Trinajstić information content (AvgIpc) is 3.32. The second kappa shape index (κ2) is 7.84. The summed E-state index contributed by atoms with van der Waals surface area (Å²) in [6, 6.07) is 19.9. The van der Waals surface area contributed by atoms with Gasteiger partial charge in [-0.2, -0.15) is 5.26 Å². The fraction of sp³-hybridized carbons (Fsp3) is 0.250. The van der Waals surface area contributed by atoms with Gasteiger partial charge in [-0.15, -0.1) is 0 Å². The summed E-state index contributed by atoms with van der Waals surface area (Å²) in [6.07, 6.45) is 2.59. The van der Waals surface area contributed by atoms with E-state index in [0.717, 1.165) is 12.0 Å². The number of nitrogens with zero attached hydrogens (tertiary/aromatic N) is 3. The van der Waals surface area contributed by atoms with Crippen LogP contribution in [0.5, 0.6) is 0 Å². The number of hydrogen-bond acceptors (Lipinski definition) is 4. The van der Waals surface area contributed by atoms with Crippen LogP contribution in [0.25, 0.3) is 0 Å². The number of anilines is 1. The number of rotatable bonds is 5. The minimum atomic E-state index is -0.0711. The van der Waals surface area contributed by atoms with E-state index in [1.165, 1.54) is 11.3 Å². The highest BCUT2D eigenvalue weighted by Crippen LogP contribution is 2.33. The lowest BCUT2D eigenvalue weighted by Crippen LogP contribution is -2.31. The number of benzene rings is 2. The molecule has 0 bridgehead atoms. The maximum absolute atomic E-state index is 13.1. The van der Waals surface area contributed by atoms with E-state index in [2.05, 4.69) is 36.1 Å². The molecule has 3 aromatic rings. The molecule has 2 aromatic carbocycles. The number of hydrogen-bond donors (Lipinski definition) is 0. The molecule has 4 rings (SSSR count). The highest BCUT2D eigenvalue weighted by molar-refractivity contribution is 5.95. The van der Waals surface area contributed by atoms with Crippen molar-refractivity contribution in [1.29, 1.82) is 5.26 Å². The van der Waals surface area contributed by atoms with E-state index in [1.54, 1.807) is 36.4 Å².